The summed E-state index contributed by atoms with van der Waals surface area (Å²) in [6.45, 7) is 2.00. The molecule has 24 heavy (non-hydrogen) atoms. The van der Waals surface area contributed by atoms with Crippen LogP contribution in [0.4, 0.5) is 5.69 Å². The molecule has 1 aromatic heterocycles. The van der Waals surface area contributed by atoms with Gasteiger partial charge in [-0.25, -0.2) is 0 Å². The minimum Gasteiger partial charge on any atom is -0.315 e. The van der Waals surface area contributed by atoms with Crippen molar-refractivity contribution in [3.05, 3.63) is 60.2 Å². The number of aromatic nitrogens is 4. The molecule has 0 radical (unpaired) electrons. The third-order valence-corrected chi connectivity index (χ3v) is 4.53. The van der Waals surface area contributed by atoms with Crippen LogP contribution >= 0.6 is 11.8 Å². The lowest BCUT2D eigenvalue weighted by atomic mass is 10.2. The molecule has 0 saturated heterocycles. The summed E-state index contributed by atoms with van der Waals surface area (Å²) < 4.78 is 1.66. The minimum atomic E-state index is -0.00877. The Kier molecular flexibility index (Phi) is 4.90. The van der Waals surface area contributed by atoms with Crippen LogP contribution in [0.25, 0.3) is 5.69 Å². The Hall–Kier alpha value is -2.67. The van der Waals surface area contributed by atoms with Crippen LogP contribution in [0.3, 0.4) is 0 Å². The van der Waals surface area contributed by atoms with Gasteiger partial charge in [-0.1, -0.05) is 48.2 Å². The molecule has 1 heterocycles. The lowest BCUT2D eigenvalue weighted by Gasteiger charge is -2.16. The molecule has 6 nitrogen and oxygen atoms in total. The zero-order valence-corrected chi connectivity index (χ0v) is 14.3. The average molecular weight is 339 g/mol. The number of aryl methyl sites for hydroxylation is 1. The molecule has 0 atom stereocenters. The molecule has 0 saturated carbocycles. The Bertz CT molecular complexity index is 834. The van der Waals surface area contributed by atoms with Crippen LogP contribution in [0.5, 0.6) is 0 Å². The summed E-state index contributed by atoms with van der Waals surface area (Å²) in [5.41, 5.74) is 2.84. The smallest absolute Gasteiger partial charge is 0.237 e. The van der Waals surface area contributed by atoms with Crippen LogP contribution in [0, 0.1) is 6.92 Å². The largest absolute Gasteiger partial charge is 0.315 e. The highest BCUT2D eigenvalue weighted by atomic mass is 32.2. The highest BCUT2D eigenvalue weighted by Gasteiger charge is 2.15. The molecule has 0 aliphatic rings. The van der Waals surface area contributed by atoms with E-state index in [1.807, 2.05) is 61.5 Å². The van der Waals surface area contributed by atoms with Crippen molar-refractivity contribution in [2.45, 2.75) is 12.1 Å². The normalized spacial score (nSPS) is 10.6. The van der Waals surface area contributed by atoms with E-state index in [0.717, 1.165) is 16.9 Å². The van der Waals surface area contributed by atoms with Crippen LogP contribution in [0.1, 0.15) is 5.56 Å². The summed E-state index contributed by atoms with van der Waals surface area (Å²) in [4.78, 5) is 14.0. The zero-order valence-electron chi connectivity index (χ0n) is 13.5. The molecule has 3 rings (SSSR count). The summed E-state index contributed by atoms with van der Waals surface area (Å²) in [7, 11) is 1.77. The molecule has 0 N–H and O–H groups in total. The third-order valence-electron chi connectivity index (χ3n) is 3.63. The lowest BCUT2D eigenvalue weighted by Crippen LogP contribution is -2.27. The Morgan fingerprint density at radius 2 is 1.83 bits per heavy atom. The van der Waals surface area contributed by atoms with Crippen molar-refractivity contribution in [1.82, 2.24) is 20.2 Å². The number of thioether (sulfide) groups is 1. The summed E-state index contributed by atoms with van der Waals surface area (Å²) in [6, 6.07) is 17.4. The standard InChI is InChI=1S/C17H17N5OS/c1-13-8-6-7-11-15(13)22-17(18-19-20-22)24-12-16(23)21(2)14-9-4-3-5-10-14/h3-11H,12H2,1-2H3. The second kappa shape index (κ2) is 7.27. The van der Waals surface area contributed by atoms with Crippen molar-refractivity contribution < 1.29 is 4.79 Å². The molecule has 3 aromatic rings. The van der Waals surface area contributed by atoms with Gasteiger partial charge in [-0.2, -0.15) is 4.68 Å². The number of carbonyl (C=O) groups excluding carboxylic acids is 1. The van der Waals surface area contributed by atoms with Crippen LogP contribution in [0.2, 0.25) is 0 Å². The Balaban J connectivity index is 1.71. The number of rotatable bonds is 5. The van der Waals surface area contributed by atoms with Gasteiger partial charge < -0.3 is 4.90 Å². The minimum absolute atomic E-state index is 0.00877. The number of hydrogen-bond acceptors (Lipinski definition) is 5. The van der Waals surface area contributed by atoms with Gasteiger partial charge in [0.15, 0.2) is 0 Å². The van der Waals surface area contributed by atoms with Crippen molar-refractivity contribution in [2.75, 3.05) is 17.7 Å². The molecule has 0 unspecified atom stereocenters. The average Bonchev–Trinajstić information content (AvgIpc) is 3.08. The number of hydrogen-bond donors (Lipinski definition) is 0. The van der Waals surface area contributed by atoms with Crippen molar-refractivity contribution in [3.8, 4) is 5.69 Å². The first kappa shape index (κ1) is 16.2. The molecular weight excluding hydrogens is 322 g/mol. The van der Waals surface area contributed by atoms with Gasteiger partial charge in [-0.15, -0.1) is 5.10 Å². The van der Waals surface area contributed by atoms with Gasteiger partial charge in [0.2, 0.25) is 11.1 Å². The van der Waals surface area contributed by atoms with E-state index in [2.05, 4.69) is 15.5 Å². The number of amides is 1. The van der Waals surface area contributed by atoms with Gasteiger partial charge in [0.05, 0.1) is 11.4 Å². The molecule has 0 fully saturated rings. The maximum atomic E-state index is 12.4. The maximum Gasteiger partial charge on any atom is 0.237 e. The molecule has 122 valence electrons. The maximum absolute atomic E-state index is 12.4. The number of carbonyl (C=O) groups is 1. The van der Waals surface area contributed by atoms with E-state index in [4.69, 9.17) is 0 Å². The van der Waals surface area contributed by atoms with Crippen LogP contribution in [-0.2, 0) is 4.79 Å². The highest BCUT2D eigenvalue weighted by Crippen LogP contribution is 2.21. The van der Waals surface area contributed by atoms with Crippen LogP contribution < -0.4 is 4.90 Å². The molecule has 0 aliphatic heterocycles. The highest BCUT2D eigenvalue weighted by molar-refractivity contribution is 7.99. The first-order chi connectivity index (χ1) is 11.7. The molecule has 1 amide bonds. The molecular formula is C17H17N5OS. The Labute approximate surface area is 144 Å². The van der Waals surface area contributed by atoms with E-state index in [-0.39, 0.29) is 11.7 Å². The van der Waals surface area contributed by atoms with Crippen molar-refractivity contribution in [3.63, 3.8) is 0 Å². The fourth-order valence-corrected chi connectivity index (χ4v) is 3.04. The predicted molar refractivity (Wildman–Crippen MR) is 94.5 cm³/mol. The number of para-hydroxylation sites is 2. The molecule has 0 aliphatic carbocycles. The summed E-state index contributed by atoms with van der Waals surface area (Å²) in [5.74, 6) is 0.253. The van der Waals surface area contributed by atoms with E-state index in [0.29, 0.717) is 5.16 Å². The van der Waals surface area contributed by atoms with Crippen LogP contribution in [-0.4, -0.2) is 38.9 Å². The monoisotopic (exact) mass is 339 g/mol. The second-order valence-corrected chi connectivity index (χ2v) is 6.18. The van der Waals surface area contributed by atoms with Crippen molar-refractivity contribution in [2.24, 2.45) is 0 Å². The predicted octanol–water partition coefficient (Wildman–Crippen LogP) is 2.73. The van der Waals surface area contributed by atoms with Gasteiger partial charge in [0.25, 0.3) is 0 Å². The van der Waals surface area contributed by atoms with Gasteiger partial charge in [-0.05, 0) is 41.1 Å². The number of anilines is 1. The Morgan fingerprint density at radius 1 is 1.12 bits per heavy atom. The molecule has 2 aromatic carbocycles. The van der Waals surface area contributed by atoms with Gasteiger partial charge in [0.1, 0.15) is 0 Å². The van der Waals surface area contributed by atoms with E-state index >= 15 is 0 Å². The first-order valence-corrected chi connectivity index (χ1v) is 8.44. The number of tetrazole rings is 1. The first-order valence-electron chi connectivity index (χ1n) is 7.45. The Morgan fingerprint density at radius 3 is 2.58 bits per heavy atom. The molecule has 7 heteroatoms. The molecule has 0 spiro atoms. The van der Waals surface area contributed by atoms with Crippen molar-refractivity contribution >= 4 is 23.4 Å². The van der Waals surface area contributed by atoms with Gasteiger partial charge in [-0.3, -0.25) is 4.79 Å². The van der Waals surface area contributed by atoms with Gasteiger partial charge >= 0.3 is 0 Å². The number of benzene rings is 2. The molecule has 0 bridgehead atoms. The van der Waals surface area contributed by atoms with Crippen LogP contribution in [0.15, 0.2) is 59.8 Å². The summed E-state index contributed by atoms with van der Waals surface area (Å²) >= 11 is 1.32. The lowest BCUT2D eigenvalue weighted by molar-refractivity contribution is -0.115. The SMILES string of the molecule is Cc1ccccc1-n1nnnc1SCC(=O)N(C)c1ccccc1. The van der Waals surface area contributed by atoms with E-state index in [1.165, 1.54) is 11.8 Å². The van der Waals surface area contributed by atoms with E-state index < -0.39 is 0 Å². The quantitative estimate of drug-likeness (QED) is 0.669. The van der Waals surface area contributed by atoms with E-state index in [1.54, 1.807) is 16.6 Å². The second-order valence-electron chi connectivity index (χ2n) is 5.24. The topological polar surface area (TPSA) is 63.9 Å². The van der Waals surface area contributed by atoms with Crippen molar-refractivity contribution in [1.29, 1.82) is 0 Å². The van der Waals surface area contributed by atoms with E-state index in [9.17, 15) is 4.79 Å². The summed E-state index contributed by atoms with van der Waals surface area (Å²) in [6.07, 6.45) is 0. The van der Waals surface area contributed by atoms with Gasteiger partial charge in [0, 0.05) is 12.7 Å². The summed E-state index contributed by atoms with van der Waals surface area (Å²) in [5, 5.41) is 12.4. The number of nitrogens with zero attached hydrogens (tertiary/aromatic N) is 5. The fraction of sp³-hybridized carbons (Fsp3) is 0.176. The third kappa shape index (κ3) is 3.46. The zero-order chi connectivity index (χ0) is 16.9. The fourth-order valence-electron chi connectivity index (χ4n) is 2.24.